The standard InChI is InChI=1S/C12H23NO5/c1-11(2)15-5-7(17-11)9(13)10(14)8-6-16-12(3,4)18-8/h7-10,14H,5-6,13H2,1-4H3/t7?,8?,9-,10+/m0/s1. The minimum absolute atomic E-state index is 0.331. The molecule has 6 nitrogen and oxygen atoms in total. The molecule has 2 unspecified atom stereocenters. The fourth-order valence-corrected chi connectivity index (χ4v) is 2.26. The van der Waals surface area contributed by atoms with E-state index in [4.69, 9.17) is 24.7 Å². The number of ether oxygens (including phenoxy) is 4. The molecule has 2 aliphatic heterocycles. The number of nitrogens with two attached hydrogens (primary N) is 1. The Kier molecular flexibility index (Phi) is 3.70. The number of hydrogen-bond donors (Lipinski definition) is 2. The fraction of sp³-hybridized carbons (Fsp3) is 1.00. The van der Waals surface area contributed by atoms with Crippen molar-refractivity contribution >= 4 is 0 Å². The number of aliphatic hydroxyl groups is 1. The third-order valence-electron chi connectivity index (χ3n) is 3.27. The topological polar surface area (TPSA) is 83.2 Å². The van der Waals surface area contributed by atoms with Gasteiger partial charge in [-0.2, -0.15) is 0 Å². The quantitative estimate of drug-likeness (QED) is 0.743. The molecular formula is C12H23NO5. The molecule has 2 heterocycles. The van der Waals surface area contributed by atoms with E-state index in [0.29, 0.717) is 13.2 Å². The van der Waals surface area contributed by atoms with E-state index >= 15 is 0 Å². The molecular weight excluding hydrogens is 238 g/mol. The zero-order chi connectivity index (χ0) is 13.6. The zero-order valence-electron chi connectivity index (χ0n) is 11.4. The van der Waals surface area contributed by atoms with Crippen LogP contribution in [-0.4, -0.2) is 54.2 Å². The van der Waals surface area contributed by atoms with Gasteiger partial charge in [-0.25, -0.2) is 0 Å². The van der Waals surface area contributed by atoms with Crippen molar-refractivity contribution in [3.8, 4) is 0 Å². The van der Waals surface area contributed by atoms with Gasteiger partial charge in [0, 0.05) is 0 Å². The van der Waals surface area contributed by atoms with Gasteiger partial charge >= 0.3 is 0 Å². The van der Waals surface area contributed by atoms with Gasteiger partial charge in [0.2, 0.25) is 0 Å². The summed E-state index contributed by atoms with van der Waals surface area (Å²) in [5.41, 5.74) is 6.02. The molecule has 0 aliphatic carbocycles. The van der Waals surface area contributed by atoms with E-state index in [2.05, 4.69) is 0 Å². The lowest BCUT2D eigenvalue weighted by Gasteiger charge is -2.28. The summed E-state index contributed by atoms with van der Waals surface area (Å²) in [5.74, 6) is -1.31. The van der Waals surface area contributed by atoms with Crippen LogP contribution in [0.4, 0.5) is 0 Å². The highest BCUT2D eigenvalue weighted by Crippen LogP contribution is 2.29. The molecule has 6 heteroatoms. The Hall–Kier alpha value is -0.240. The molecule has 0 amide bonds. The van der Waals surface area contributed by atoms with Crippen LogP contribution >= 0.6 is 0 Å². The maximum Gasteiger partial charge on any atom is 0.163 e. The minimum atomic E-state index is -0.839. The van der Waals surface area contributed by atoms with E-state index in [-0.39, 0.29) is 6.10 Å². The molecule has 106 valence electrons. The van der Waals surface area contributed by atoms with Gasteiger partial charge in [-0.15, -0.1) is 0 Å². The maximum absolute atomic E-state index is 10.2. The Bertz CT molecular complexity index is 277. The molecule has 2 aliphatic rings. The van der Waals surface area contributed by atoms with Crippen LogP contribution in [-0.2, 0) is 18.9 Å². The summed E-state index contributed by atoms with van der Waals surface area (Å²) in [6, 6.07) is -0.561. The first-order chi connectivity index (χ1) is 8.20. The van der Waals surface area contributed by atoms with E-state index in [1.807, 2.05) is 27.7 Å². The molecule has 2 fully saturated rings. The summed E-state index contributed by atoms with van der Waals surface area (Å²) >= 11 is 0. The van der Waals surface area contributed by atoms with Gasteiger partial charge in [0.05, 0.1) is 19.3 Å². The summed E-state index contributed by atoms with van der Waals surface area (Å²) in [6.45, 7) is 7.98. The van der Waals surface area contributed by atoms with Crippen molar-refractivity contribution in [1.29, 1.82) is 0 Å². The van der Waals surface area contributed by atoms with Gasteiger partial charge in [0.25, 0.3) is 0 Å². The summed E-state index contributed by atoms with van der Waals surface area (Å²) < 4.78 is 22.1. The predicted molar refractivity (Wildman–Crippen MR) is 63.8 cm³/mol. The van der Waals surface area contributed by atoms with Gasteiger partial charge in [-0.3, -0.25) is 0 Å². The molecule has 3 N–H and O–H groups in total. The van der Waals surface area contributed by atoms with E-state index in [9.17, 15) is 5.11 Å². The normalized spacial score (nSPS) is 37.7. The number of aliphatic hydroxyl groups excluding tert-OH is 1. The van der Waals surface area contributed by atoms with Crippen LogP contribution in [0.15, 0.2) is 0 Å². The molecule has 0 aromatic carbocycles. The molecule has 0 radical (unpaired) electrons. The zero-order valence-corrected chi connectivity index (χ0v) is 11.4. The third-order valence-corrected chi connectivity index (χ3v) is 3.27. The van der Waals surface area contributed by atoms with E-state index < -0.39 is 29.8 Å². The second-order valence-corrected chi connectivity index (χ2v) is 5.80. The van der Waals surface area contributed by atoms with Gasteiger partial charge in [-0.1, -0.05) is 0 Å². The van der Waals surface area contributed by atoms with Crippen molar-refractivity contribution in [3.63, 3.8) is 0 Å². The van der Waals surface area contributed by atoms with Crippen molar-refractivity contribution < 1.29 is 24.1 Å². The van der Waals surface area contributed by atoms with Crippen molar-refractivity contribution in [1.82, 2.24) is 0 Å². The van der Waals surface area contributed by atoms with Gasteiger partial charge in [0.1, 0.15) is 18.3 Å². The molecule has 0 bridgehead atoms. The van der Waals surface area contributed by atoms with Gasteiger partial charge < -0.3 is 29.8 Å². The third kappa shape index (κ3) is 3.01. The van der Waals surface area contributed by atoms with Crippen LogP contribution in [0.1, 0.15) is 27.7 Å². The van der Waals surface area contributed by atoms with Crippen molar-refractivity contribution in [2.24, 2.45) is 5.73 Å². The van der Waals surface area contributed by atoms with Crippen LogP contribution < -0.4 is 5.73 Å². The van der Waals surface area contributed by atoms with E-state index in [0.717, 1.165) is 0 Å². The first kappa shape index (κ1) is 14.2. The van der Waals surface area contributed by atoms with Gasteiger partial charge in [0.15, 0.2) is 11.6 Å². The first-order valence-corrected chi connectivity index (χ1v) is 6.27. The molecule has 2 saturated heterocycles. The number of hydrogen-bond acceptors (Lipinski definition) is 6. The monoisotopic (exact) mass is 261 g/mol. The predicted octanol–water partition coefficient (Wildman–Crippen LogP) is -0.0224. The Labute approximate surface area is 107 Å². The Balaban J connectivity index is 1.92. The lowest BCUT2D eigenvalue weighted by atomic mass is 10.0. The molecule has 2 rings (SSSR count). The smallest absolute Gasteiger partial charge is 0.163 e. The van der Waals surface area contributed by atoms with Crippen molar-refractivity contribution in [2.75, 3.05) is 13.2 Å². The van der Waals surface area contributed by atoms with E-state index in [1.165, 1.54) is 0 Å². The van der Waals surface area contributed by atoms with Crippen LogP contribution in [0, 0.1) is 0 Å². The lowest BCUT2D eigenvalue weighted by Crippen LogP contribution is -2.52. The molecule has 18 heavy (non-hydrogen) atoms. The van der Waals surface area contributed by atoms with Crippen LogP contribution in [0.25, 0.3) is 0 Å². The molecule has 0 spiro atoms. The second-order valence-electron chi connectivity index (χ2n) is 5.80. The molecule has 0 aromatic heterocycles. The Morgan fingerprint density at radius 2 is 1.44 bits per heavy atom. The van der Waals surface area contributed by atoms with Gasteiger partial charge in [-0.05, 0) is 27.7 Å². The van der Waals surface area contributed by atoms with Crippen molar-refractivity contribution in [2.45, 2.75) is 63.6 Å². The molecule has 0 saturated carbocycles. The molecule has 4 atom stereocenters. The maximum atomic E-state index is 10.2. The molecule has 0 aromatic rings. The number of rotatable bonds is 3. The highest BCUT2D eigenvalue weighted by Gasteiger charge is 2.44. The largest absolute Gasteiger partial charge is 0.389 e. The van der Waals surface area contributed by atoms with Crippen LogP contribution in [0.5, 0.6) is 0 Å². The van der Waals surface area contributed by atoms with Crippen LogP contribution in [0.2, 0.25) is 0 Å². The highest BCUT2D eigenvalue weighted by molar-refractivity contribution is 4.91. The van der Waals surface area contributed by atoms with E-state index in [1.54, 1.807) is 0 Å². The average Bonchev–Trinajstić information content (AvgIpc) is 2.79. The Morgan fingerprint density at radius 1 is 1.00 bits per heavy atom. The minimum Gasteiger partial charge on any atom is -0.389 e. The second kappa shape index (κ2) is 4.70. The fourth-order valence-electron chi connectivity index (χ4n) is 2.26. The lowest BCUT2D eigenvalue weighted by molar-refractivity contribution is -0.163. The highest BCUT2D eigenvalue weighted by atomic mass is 16.8. The summed E-state index contributed by atoms with van der Waals surface area (Å²) in [5, 5.41) is 10.2. The summed E-state index contributed by atoms with van der Waals surface area (Å²) in [7, 11) is 0. The summed E-state index contributed by atoms with van der Waals surface area (Å²) in [6.07, 6.45) is -1.60. The Morgan fingerprint density at radius 3 is 1.83 bits per heavy atom. The SMILES string of the molecule is CC1(C)OCC([C@@H](O)[C@@H](N)C2COC(C)(C)O2)O1. The van der Waals surface area contributed by atoms with Crippen LogP contribution in [0.3, 0.4) is 0 Å². The van der Waals surface area contributed by atoms with Crippen molar-refractivity contribution in [3.05, 3.63) is 0 Å². The summed E-state index contributed by atoms with van der Waals surface area (Å²) in [4.78, 5) is 0. The average molecular weight is 261 g/mol. The first-order valence-electron chi connectivity index (χ1n) is 6.27.